The van der Waals surface area contributed by atoms with E-state index in [1.807, 2.05) is 13.0 Å². The Balaban J connectivity index is 2.09. The fourth-order valence-electron chi connectivity index (χ4n) is 2.81. The van der Waals surface area contributed by atoms with Gasteiger partial charge in [-0.15, -0.1) is 0 Å². The SMILES string of the molecule is CCn1nc(C(C)(C)C)cc1C(=O)NCC1(N)CCCC1. The molecule has 0 saturated heterocycles. The Morgan fingerprint density at radius 3 is 2.57 bits per heavy atom. The smallest absolute Gasteiger partial charge is 0.269 e. The lowest BCUT2D eigenvalue weighted by Crippen LogP contribution is -2.48. The maximum Gasteiger partial charge on any atom is 0.269 e. The summed E-state index contributed by atoms with van der Waals surface area (Å²) in [6.45, 7) is 9.54. The fraction of sp³-hybridized carbons (Fsp3) is 0.750. The van der Waals surface area contributed by atoms with Crippen LogP contribution in [-0.4, -0.2) is 27.8 Å². The number of nitrogens with two attached hydrogens (primary N) is 1. The highest BCUT2D eigenvalue weighted by Crippen LogP contribution is 2.26. The Bertz CT molecular complexity index is 507. The number of hydrogen-bond donors (Lipinski definition) is 2. The molecule has 1 aliphatic carbocycles. The maximum absolute atomic E-state index is 12.4. The van der Waals surface area contributed by atoms with Gasteiger partial charge < -0.3 is 11.1 Å². The number of carbonyl (C=O) groups excluding carboxylic acids is 1. The van der Waals surface area contributed by atoms with Gasteiger partial charge in [-0.1, -0.05) is 33.6 Å². The molecule has 0 spiro atoms. The van der Waals surface area contributed by atoms with Crippen molar-refractivity contribution in [1.82, 2.24) is 15.1 Å². The van der Waals surface area contributed by atoms with E-state index < -0.39 is 0 Å². The highest BCUT2D eigenvalue weighted by Gasteiger charge is 2.30. The first-order chi connectivity index (χ1) is 9.75. The van der Waals surface area contributed by atoms with Gasteiger partial charge in [-0.3, -0.25) is 9.48 Å². The first-order valence-corrected chi connectivity index (χ1v) is 7.90. The summed E-state index contributed by atoms with van der Waals surface area (Å²) in [6.07, 6.45) is 4.31. The fourth-order valence-corrected chi connectivity index (χ4v) is 2.81. The van der Waals surface area contributed by atoms with E-state index in [1.165, 1.54) is 0 Å². The molecular formula is C16H28N4O. The lowest BCUT2D eigenvalue weighted by atomic mass is 9.92. The quantitative estimate of drug-likeness (QED) is 0.893. The van der Waals surface area contributed by atoms with E-state index in [-0.39, 0.29) is 16.9 Å². The third-order valence-electron chi connectivity index (χ3n) is 4.28. The van der Waals surface area contributed by atoms with Gasteiger partial charge in [0.05, 0.1) is 5.69 Å². The van der Waals surface area contributed by atoms with Crippen LogP contribution in [0, 0.1) is 0 Å². The van der Waals surface area contributed by atoms with Crippen molar-refractivity contribution < 1.29 is 4.79 Å². The molecule has 1 aliphatic rings. The first-order valence-electron chi connectivity index (χ1n) is 7.90. The van der Waals surface area contributed by atoms with Crippen LogP contribution in [0.25, 0.3) is 0 Å². The van der Waals surface area contributed by atoms with E-state index in [1.54, 1.807) is 4.68 Å². The van der Waals surface area contributed by atoms with Crippen LogP contribution in [0.3, 0.4) is 0 Å². The average Bonchev–Trinajstić information content (AvgIpc) is 3.02. The summed E-state index contributed by atoms with van der Waals surface area (Å²) in [7, 11) is 0. The van der Waals surface area contributed by atoms with Crippen molar-refractivity contribution >= 4 is 5.91 Å². The minimum absolute atomic E-state index is 0.0595. The predicted molar refractivity (Wildman–Crippen MR) is 84.3 cm³/mol. The number of nitrogens with one attached hydrogen (secondary N) is 1. The molecule has 1 saturated carbocycles. The van der Waals surface area contributed by atoms with E-state index in [0.717, 1.165) is 31.4 Å². The van der Waals surface area contributed by atoms with Crippen LogP contribution in [0.1, 0.15) is 69.6 Å². The highest BCUT2D eigenvalue weighted by atomic mass is 16.2. The summed E-state index contributed by atoms with van der Waals surface area (Å²) >= 11 is 0. The Morgan fingerprint density at radius 1 is 1.43 bits per heavy atom. The molecule has 5 nitrogen and oxygen atoms in total. The van der Waals surface area contributed by atoms with Gasteiger partial charge >= 0.3 is 0 Å². The molecule has 5 heteroatoms. The molecule has 0 bridgehead atoms. The summed E-state index contributed by atoms with van der Waals surface area (Å²) in [4.78, 5) is 12.4. The van der Waals surface area contributed by atoms with Crippen molar-refractivity contribution in [1.29, 1.82) is 0 Å². The van der Waals surface area contributed by atoms with E-state index in [4.69, 9.17) is 5.73 Å². The van der Waals surface area contributed by atoms with Gasteiger partial charge in [0.15, 0.2) is 0 Å². The Labute approximate surface area is 127 Å². The van der Waals surface area contributed by atoms with Gasteiger partial charge in [0.2, 0.25) is 0 Å². The molecule has 0 aliphatic heterocycles. The minimum atomic E-state index is -0.223. The summed E-state index contributed by atoms with van der Waals surface area (Å²) in [5.74, 6) is -0.0726. The third kappa shape index (κ3) is 3.64. The van der Waals surface area contributed by atoms with E-state index in [2.05, 4.69) is 31.2 Å². The molecule has 2 rings (SSSR count). The number of rotatable bonds is 4. The minimum Gasteiger partial charge on any atom is -0.349 e. The molecule has 1 aromatic heterocycles. The maximum atomic E-state index is 12.4. The Morgan fingerprint density at radius 2 is 2.05 bits per heavy atom. The molecule has 1 fully saturated rings. The van der Waals surface area contributed by atoms with Crippen molar-refractivity contribution in [3.63, 3.8) is 0 Å². The van der Waals surface area contributed by atoms with Gasteiger partial charge in [-0.05, 0) is 25.8 Å². The van der Waals surface area contributed by atoms with Crippen LogP contribution < -0.4 is 11.1 Å². The van der Waals surface area contributed by atoms with E-state index in [9.17, 15) is 4.79 Å². The van der Waals surface area contributed by atoms with Crippen molar-refractivity contribution in [2.75, 3.05) is 6.54 Å². The number of amides is 1. The van der Waals surface area contributed by atoms with Crippen LogP contribution in [-0.2, 0) is 12.0 Å². The molecule has 0 atom stereocenters. The van der Waals surface area contributed by atoms with Crippen LogP contribution in [0.5, 0.6) is 0 Å². The Kier molecular flexibility index (Phi) is 4.42. The van der Waals surface area contributed by atoms with Gasteiger partial charge in [0, 0.05) is 24.0 Å². The zero-order valence-electron chi connectivity index (χ0n) is 13.7. The van der Waals surface area contributed by atoms with Crippen LogP contribution in [0.15, 0.2) is 6.07 Å². The molecular weight excluding hydrogens is 264 g/mol. The molecule has 3 N–H and O–H groups in total. The monoisotopic (exact) mass is 292 g/mol. The molecule has 1 aromatic rings. The number of carbonyl (C=O) groups is 1. The largest absolute Gasteiger partial charge is 0.349 e. The normalized spacial score (nSPS) is 18.0. The number of nitrogens with zero attached hydrogens (tertiary/aromatic N) is 2. The standard InChI is InChI=1S/C16H28N4O/c1-5-20-12(10-13(19-20)15(2,3)4)14(21)18-11-16(17)8-6-7-9-16/h10H,5-9,11,17H2,1-4H3,(H,18,21). The van der Waals surface area contributed by atoms with Gasteiger partial charge in [0.25, 0.3) is 5.91 Å². The Hall–Kier alpha value is -1.36. The zero-order chi connectivity index (χ0) is 15.7. The average molecular weight is 292 g/mol. The first kappa shape index (κ1) is 16.0. The van der Waals surface area contributed by atoms with Crippen LogP contribution in [0.4, 0.5) is 0 Å². The zero-order valence-corrected chi connectivity index (χ0v) is 13.7. The summed E-state index contributed by atoms with van der Waals surface area (Å²) in [6, 6.07) is 1.90. The topological polar surface area (TPSA) is 72.9 Å². The van der Waals surface area contributed by atoms with E-state index in [0.29, 0.717) is 18.8 Å². The van der Waals surface area contributed by atoms with Crippen LogP contribution >= 0.6 is 0 Å². The lowest BCUT2D eigenvalue weighted by Gasteiger charge is -2.23. The van der Waals surface area contributed by atoms with Gasteiger partial charge in [-0.2, -0.15) is 5.10 Å². The number of aromatic nitrogens is 2. The van der Waals surface area contributed by atoms with Crippen molar-refractivity contribution in [2.45, 2.75) is 70.9 Å². The summed E-state index contributed by atoms with van der Waals surface area (Å²) < 4.78 is 1.77. The second-order valence-electron chi connectivity index (χ2n) is 7.23. The molecule has 0 unspecified atom stereocenters. The van der Waals surface area contributed by atoms with Crippen molar-refractivity contribution in [2.24, 2.45) is 5.73 Å². The molecule has 118 valence electrons. The van der Waals surface area contributed by atoms with Crippen molar-refractivity contribution in [3.05, 3.63) is 17.5 Å². The molecule has 0 radical (unpaired) electrons. The molecule has 1 amide bonds. The second-order valence-corrected chi connectivity index (χ2v) is 7.23. The van der Waals surface area contributed by atoms with Crippen molar-refractivity contribution in [3.8, 4) is 0 Å². The van der Waals surface area contributed by atoms with E-state index >= 15 is 0 Å². The second kappa shape index (κ2) is 5.79. The lowest BCUT2D eigenvalue weighted by molar-refractivity contribution is 0.0933. The molecule has 1 heterocycles. The molecule has 21 heavy (non-hydrogen) atoms. The summed E-state index contributed by atoms with van der Waals surface area (Å²) in [5, 5.41) is 7.54. The number of hydrogen-bond acceptors (Lipinski definition) is 3. The number of aryl methyl sites for hydroxylation is 1. The summed E-state index contributed by atoms with van der Waals surface area (Å²) in [5.41, 5.74) is 7.58. The highest BCUT2D eigenvalue weighted by molar-refractivity contribution is 5.92. The third-order valence-corrected chi connectivity index (χ3v) is 4.28. The van der Waals surface area contributed by atoms with Gasteiger partial charge in [0.1, 0.15) is 5.69 Å². The molecule has 0 aromatic carbocycles. The van der Waals surface area contributed by atoms with Gasteiger partial charge in [-0.25, -0.2) is 0 Å². The predicted octanol–water partition coefficient (Wildman–Crippen LogP) is 2.20. The van der Waals surface area contributed by atoms with Crippen LogP contribution in [0.2, 0.25) is 0 Å².